The Kier molecular flexibility index (Phi) is 3.73. The van der Waals surface area contributed by atoms with Crippen LogP contribution in [0.15, 0.2) is 42.7 Å². The molecule has 104 valence electrons. The Balaban J connectivity index is 1.99. The van der Waals surface area contributed by atoms with Gasteiger partial charge in [0, 0.05) is 6.20 Å². The minimum atomic E-state index is -0.383. The lowest BCUT2D eigenvalue weighted by Gasteiger charge is -2.32. The summed E-state index contributed by atoms with van der Waals surface area (Å²) in [4.78, 5) is 3.88. The third kappa shape index (κ3) is 2.43. The van der Waals surface area contributed by atoms with Crippen LogP contribution in [0.25, 0.3) is 0 Å². The van der Waals surface area contributed by atoms with Crippen LogP contribution in [0.2, 0.25) is 0 Å². The number of rotatable bonds is 3. The molecule has 0 saturated carbocycles. The number of fused-ring (bicyclic) bond motifs is 1. The quantitative estimate of drug-likeness (QED) is 0.663. The molecule has 0 bridgehead atoms. The Hall–Kier alpha value is -1.82. The molecule has 0 saturated heterocycles. The van der Waals surface area contributed by atoms with Gasteiger partial charge in [0.15, 0.2) is 0 Å². The van der Waals surface area contributed by atoms with Crippen molar-refractivity contribution in [3.8, 4) is 0 Å². The summed E-state index contributed by atoms with van der Waals surface area (Å²) in [6, 6.07) is 9.18. The van der Waals surface area contributed by atoms with E-state index in [-0.39, 0.29) is 18.0 Å². The second-order valence-corrected chi connectivity index (χ2v) is 4.82. The molecule has 0 aliphatic carbocycles. The number of pyridine rings is 1. The summed E-state index contributed by atoms with van der Waals surface area (Å²) in [6.07, 6.45) is 3.42. The van der Waals surface area contributed by atoms with Crippen molar-refractivity contribution in [2.24, 2.45) is 5.84 Å². The van der Waals surface area contributed by atoms with E-state index in [1.165, 1.54) is 17.8 Å². The molecule has 4 nitrogen and oxygen atoms in total. The van der Waals surface area contributed by atoms with Gasteiger partial charge in [-0.2, -0.15) is 0 Å². The SMILES string of the molecule is NNC(c1cncc(F)c1)C1OCCc2ccccc21. The van der Waals surface area contributed by atoms with Gasteiger partial charge in [0.25, 0.3) is 0 Å². The highest BCUT2D eigenvalue weighted by Crippen LogP contribution is 2.36. The van der Waals surface area contributed by atoms with E-state index < -0.39 is 0 Å². The maximum atomic E-state index is 13.4. The van der Waals surface area contributed by atoms with Crippen LogP contribution in [0.4, 0.5) is 4.39 Å². The van der Waals surface area contributed by atoms with E-state index in [0.29, 0.717) is 12.2 Å². The lowest BCUT2D eigenvalue weighted by Crippen LogP contribution is -2.35. The Morgan fingerprint density at radius 1 is 1.35 bits per heavy atom. The van der Waals surface area contributed by atoms with E-state index >= 15 is 0 Å². The summed E-state index contributed by atoms with van der Waals surface area (Å²) in [5.41, 5.74) is 5.73. The summed E-state index contributed by atoms with van der Waals surface area (Å²) < 4.78 is 19.2. The molecule has 3 N–H and O–H groups in total. The van der Waals surface area contributed by atoms with E-state index in [1.54, 1.807) is 6.20 Å². The van der Waals surface area contributed by atoms with Crippen molar-refractivity contribution in [1.82, 2.24) is 10.4 Å². The van der Waals surface area contributed by atoms with Crippen molar-refractivity contribution in [2.75, 3.05) is 6.61 Å². The second-order valence-electron chi connectivity index (χ2n) is 4.82. The molecule has 1 aromatic heterocycles. The number of halogens is 1. The van der Waals surface area contributed by atoms with Crippen molar-refractivity contribution < 1.29 is 9.13 Å². The minimum absolute atomic E-state index is 0.242. The molecule has 1 aliphatic heterocycles. The number of nitrogens with zero attached hydrogens (tertiary/aromatic N) is 1. The van der Waals surface area contributed by atoms with Crippen LogP contribution in [-0.2, 0) is 11.2 Å². The Bertz CT molecular complexity index is 605. The van der Waals surface area contributed by atoms with Crippen molar-refractivity contribution in [3.05, 3.63) is 65.2 Å². The zero-order valence-electron chi connectivity index (χ0n) is 10.9. The molecular formula is C15H16FN3O. The Labute approximate surface area is 116 Å². The first-order valence-electron chi connectivity index (χ1n) is 6.55. The van der Waals surface area contributed by atoms with Crippen LogP contribution < -0.4 is 11.3 Å². The first-order valence-corrected chi connectivity index (χ1v) is 6.55. The van der Waals surface area contributed by atoms with Gasteiger partial charge in [-0.15, -0.1) is 0 Å². The lowest BCUT2D eigenvalue weighted by atomic mass is 9.91. The van der Waals surface area contributed by atoms with Crippen molar-refractivity contribution in [3.63, 3.8) is 0 Å². The van der Waals surface area contributed by atoms with Crippen LogP contribution in [0.1, 0.15) is 28.8 Å². The smallest absolute Gasteiger partial charge is 0.141 e. The fourth-order valence-corrected chi connectivity index (χ4v) is 2.66. The van der Waals surface area contributed by atoms with Crippen molar-refractivity contribution in [2.45, 2.75) is 18.6 Å². The number of ether oxygens (including phenoxy) is 1. The van der Waals surface area contributed by atoms with Gasteiger partial charge in [0.05, 0.1) is 18.8 Å². The van der Waals surface area contributed by atoms with Gasteiger partial charge in [-0.3, -0.25) is 10.8 Å². The van der Waals surface area contributed by atoms with Crippen LogP contribution in [-0.4, -0.2) is 11.6 Å². The molecule has 0 amide bonds. The molecule has 0 radical (unpaired) electrons. The standard InChI is InChI=1S/C15H16FN3O/c16-12-7-11(8-18-9-12)14(19-17)15-13-4-2-1-3-10(13)5-6-20-15/h1-4,7-9,14-15,19H,5-6,17H2. The molecule has 5 heteroatoms. The molecule has 2 aromatic rings. The van der Waals surface area contributed by atoms with Gasteiger partial charge in [-0.25, -0.2) is 9.82 Å². The Morgan fingerprint density at radius 3 is 3.00 bits per heavy atom. The predicted molar refractivity (Wildman–Crippen MR) is 73.1 cm³/mol. The van der Waals surface area contributed by atoms with Crippen LogP contribution in [0.5, 0.6) is 0 Å². The van der Waals surface area contributed by atoms with E-state index in [4.69, 9.17) is 10.6 Å². The molecule has 2 unspecified atom stereocenters. The van der Waals surface area contributed by atoms with Crippen LogP contribution in [0.3, 0.4) is 0 Å². The van der Waals surface area contributed by atoms with E-state index in [0.717, 1.165) is 12.0 Å². The fourth-order valence-electron chi connectivity index (χ4n) is 2.66. The normalized spacial score (nSPS) is 19.4. The third-order valence-corrected chi connectivity index (χ3v) is 3.60. The first kappa shape index (κ1) is 13.2. The summed E-state index contributed by atoms with van der Waals surface area (Å²) in [5.74, 6) is 5.28. The molecule has 20 heavy (non-hydrogen) atoms. The van der Waals surface area contributed by atoms with Crippen molar-refractivity contribution in [1.29, 1.82) is 0 Å². The van der Waals surface area contributed by atoms with E-state index in [2.05, 4.69) is 16.5 Å². The summed E-state index contributed by atoms with van der Waals surface area (Å²) in [7, 11) is 0. The largest absolute Gasteiger partial charge is 0.371 e. The average Bonchev–Trinajstić information content (AvgIpc) is 2.48. The second kappa shape index (κ2) is 5.66. The van der Waals surface area contributed by atoms with E-state index in [1.807, 2.05) is 18.2 Å². The predicted octanol–water partition coefficient (Wildman–Crippen LogP) is 2.04. The van der Waals surface area contributed by atoms with Gasteiger partial charge < -0.3 is 4.74 Å². The summed E-state index contributed by atoms with van der Waals surface area (Å²) in [5, 5.41) is 0. The van der Waals surface area contributed by atoms with Gasteiger partial charge >= 0.3 is 0 Å². The lowest BCUT2D eigenvalue weighted by molar-refractivity contribution is 0.0146. The highest BCUT2D eigenvalue weighted by Gasteiger charge is 2.29. The maximum Gasteiger partial charge on any atom is 0.141 e. The van der Waals surface area contributed by atoms with Gasteiger partial charge in [0.2, 0.25) is 0 Å². The zero-order chi connectivity index (χ0) is 13.9. The third-order valence-electron chi connectivity index (χ3n) is 3.60. The zero-order valence-corrected chi connectivity index (χ0v) is 10.9. The molecule has 1 aliphatic rings. The van der Waals surface area contributed by atoms with Gasteiger partial charge in [-0.1, -0.05) is 24.3 Å². The number of hydrogen-bond acceptors (Lipinski definition) is 4. The summed E-state index contributed by atoms with van der Waals surface area (Å²) >= 11 is 0. The number of hydrazine groups is 1. The molecule has 2 atom stereocenters. The number of benzene rings is 1. The van der Waals surface area contributed by atoms with Crippen LogP contribution in [0, 0.1) is 5.82 Å². The molecule has 0 spiro atoms. The molecule has 2 heterocycles. The fraction of sp³-hybridized carbons (Fsp3) is 0.267. The molecule has 1 aromatic carbocycles. The van der Waals surface area contributed by atoms with E-state index in [9.17, 15) is 4.39 Å². The minimum Gasteiger partial charge on any atom is -0.371 e. The van der Waals surface area contributed by atoms with Gasteiger partial charge in [-0.05, 0) is 29.2 Å². The molecule has 0 fully saturated rings. The van der Waals surface area contributed by atoms with Crippen molar-refractivity contribution >= 4 is 0 Å². The highest BCUT2D eigenvalue weighted by molar-refractivity contribution is 5.34. The monoisotopic (exact) mass is 273 g/mol. The summed E-state index contributed by atoms with van der Waals surface area (Å²) in [6.45, 7) is 0.628. The number of nitrogens with two attached hydrogens (primary N) is 1. The van der Waals surface area contributed by atoms with Crippen LogP contribution >= 0.6 is 0 Å². The first-order chi connectivity index (χ1) is 9.79. The highest BCUT2D eigenvalue weighted by atomic mass is 19.1. The molecule has 3 rings (SSSR count). The topological polar surface area (TPSA) is 60.2 Å². The average molecular weight is 273 g/mol. The number of aromatic nitrogens is 1. The maximum absolute atomic E-state index is 13.4. The number of nitrogens with one attached hydrogen (secondary N) is 1. The van der Waals surface area contributed by atoms with Gasteiger partial charge in [0.1, 0.15) is 11.9 Å². The number of hydrogen-bond donors (Lipinski definition) is 2. The Morgan fingerprint density at radius 2 is 2.20 bits per heavy atom. The molecular weight excluding hydrogens is 257 g/mol.